The van der Waals surface area contributed by atoms with E-state index in [1.54, 1.807) is 0 Å². The minimum atomic E-state index is -0.784. The van der Waals surface area contributed by atoms with Crippen LogP contribution in [0.15, 0.2) is 23.1 Å². The highest BCUT2D eigenvalue weighted by Gasteiger charge is 2.01. The molecule has 0 aromatic heterocycles. The van der Waals surface area contributed by atoms with E-state index in [-0.39, 0.29) is 6.42 Å². The number of carboxylic acids is 1. The molecule has 11 heavy (non-hydrogen) atoms. The second-order valence-electron chi connectivity index (χ2n) is 2.12. The van der Waals surface area contributed by atoms with Gasteiger partial charge in [0, 0.05) is 6.54 Å². The second kappa shape index (κ2) is 4.20. The van der Waals surface area contributed by atoms with E-state index in [4.69, 9.17) is 5.11 Å². The quantitative estimate of drug-likeness (QED) is 0.612. The predicted molar refractivity (Wildman–Crippen MR) is 45.1 cm³/mol. The molecule has 0 radical (unpaired) electrons. The summed E-state index contributed by atoms with van der Waals surface area (Å²) >= 11 is 1.47. The maximum absolute atomic E-state index is 10.3. The van der Waals surface area contributed by atoms with Crippen molar-refractivity contribution in [2.75, 3.05) is 6.54 Å². The summed E-state index contributed by atoms with van der Waals surface area (Å²) in [5, 5.41) is 10.3. The number of aliphatic carboxylic acids is 1. The van der Waals surface area contributed by atoms with Gasteiger partial charge in [-0.15, -0.1) is 0 Å². The van der Waals surface area contributed by atoms with Crippen LogP contribution < -0.4 is 4.72 Å². The molecule has 4 heteroatoms. The Morgan fingerprint density at radius 1 is 1.82 bits per heavy atom. The zero-order chi connectivity index (χ0) is 8.10. The normalized spacial score (nSPS) is 17.3. The minimum absolute atomic E-state index is 0.110. The first kappa shape index (κ1) is 8.36. The fraction of sp³-hybridized carbons (Fsp3) is 0.286. The van der Waals surface area contributed by atoms with E-state index >= 15 is 0 Å². The van der Waals surface area contributed by atoms with E-state index in [9.17, 15) is 4.79 Å². The summed E-state index contributed by atoms with van der Waals surface area (Å²) in [5.74, 6) is -0.784. The van der Waals surface area contributed by atoms with Crippen molar-refractivity contribution in [3.63, 3.8) is 0 Å². The number of rotatable bonds is 2. The largest absolute Gasteiger partial charge is 0.481 e. The van der Waals surface area contributed by atoms with Gasteiger partial charge in [0.1, 0.15) is 0 Å². The zero-order valence-corrected chi connectivity index (χ0v) is 6.73. The average molecular weight is 171 g/mol. The Morgan fingerprint density at radius 2 is 2.64 bits per heavy atom. The molecule has 0 atom stereocenters. The second-order valence-corrected chi connectivity index (χ2v) is 2.92. The lowest BCUT2D eigenvalue weighted by atomic mass is 10.2. The summed E-state index contributed by atoms with van der Waals surface area (Å²) in [6.45, 7) is 0.722. The molecule has 0 aliphatic carbocycles. The topological polar surface area (TPSA) is 49.3 Å². The van der Waals surface area contributed by atoms with Gasteiger partial charge in [-0.25, -0.2) is 0 Å². The number of nitrogens with one attached hydrogen (secondary N) is 1. The Morgan fingerprint density at radius 3 is 3.36 bits per heavy atom. The molecule has 0 fully saturated rings. The van der Waals surface area contributed by atoms with Crippen molar-refractivity contribution >= 4 is 17.9 Å². The lowest BCUT2D eigenvalue weighted by molar-refractivity contribution is -0.136. The molecular formula is C7H9NO2S. The Labute approximate surface area is 69.3 Å². The van der Waals surface area contributed by atoms with E-state index in [2.05, 4.69) is 4.72 Å². The molecule has 0 aromatic rings. The molecule has 0 spiro atoms. The standard InChI is InChI=1S/C7H9NO2S/c9-7(10)5-6-1-3-8-11-4-2-6/h1-2,4,8H,3,5H2,(H,9,10). The predicted octanol–water partition coefficient (Wildman–Crippen LogP) is 1.15. The Hall–Kier alpha value is -0.740. The molecule has 0 saturated carbocycles. The summed E-state index contributed by atoms with van der Waals surface area (Å²) in [7, 11) is 0. The molecule has 0 unspecified atom stereocenters. The summed E-state index contributed by atoms with van der Waals surface area (Å²) < 4.78 is 3.01. The highest BCUT2D eigenvalue weighted by molar-refractivity contribution is 8.00. The summed E-state index contributed by atoms with van der Waals surface area (Å²) in [5.41, 5.74) is 0.856. The summed E-state index contributed by atoms with van der Waals surface area (Å²) in [4.78, 5) is 10.3. The third kappa shape index (κ3) is 3.25. The lowest BCUT2D eigenvalue weighted by Crippen LogP contribution is -2.01. The van der Waals surface area contributed by atoms with Crippen molar-refractivity contribution in [2.45, 2.75) is 6.42 Å². The fourth-order valence-electron chi connectivity index (χ4n) is 0.764. The molecule has 0 saturated heterocycles. The van der Waals surface area contributed by atoms with Crippen LogP contribution in [0.25, 0.3) is 0 Å². The van der Waals surface area contributed by atoms with E-state index in [1.807, 2.05) is 17.6 Å². The first-order valence-electron chi connectivity index (χ1n) is 3.25. The SMILES string of the molecule is O=C(O)CC1=CCNSC=C1. The average Bonchev–Trinajstić information content (AvgIpc) is 2.14. The molecule has 1 aliphatic rings. The highest BCUT2D eigenvalue weighted by atomic mass is 32.2. The van der Waals surface area contributed by atoms with Gasteiger partial charge in [-0.1, -0.05) is 24.1 Å². The van der Waals surface area contributed by atoms with Crippen LogP contribution in [0.5, 0.6) is 0 Å². The molecule has 1 aliphatic heterocycles. The molecule has 0 amide bonds. The van der Waals surface area contributed by atoms with Crippen LogP contribution in [0.2, 0.25) is 0 Å². The smallest absolute Gasteiger partial charge is 0.307 e. The van der Waals surface area contributed by atoms with Crippen molar-refractivity contribution in [1.82, 2.24) is 4.72 Å². The van der Waals surface area contributed by atoms with Gasteiger partial charge in [0.2, 0.25) is 0 Å². The first-order chi connectivity index (χ1) is 5.29. The first-order valence-corrected chi connectivity index (χ1v) is 4.13. The molecule has 1 heterocycles. The molecule has 60 valence electrons. The van der Waals surface area contributed by atoms with Gasteiger partial charge < -0.3 is 5.11 Å². The van der Waals surface area contributed by atoms with E-state index in [0.29, 0.717) is 0 Å². The van der Waals surface area contributed by atoms with Crippen LogP contribution in [-0.2, 0) is 4.79 Å². The van der Waals surface area contributed by atoms with Crippen molar-refractivity contribution in [2.24, 2.45) is 0 Å². The number of allylic oxidation sites excluding steroid dienone is 1. The molecular weight excluding hydrogens is 162 g/mol. The van der Waals surface area contributed by atoms with E-state index < -0.39 is 5.97 Å². The molecule has 2 N–H and O–H groups in total. The van der Waals surface area contributed by atoms with E-state index in [0.717, 1.165) is 12.1 Å². The van der Waals surface area contributed by atoms with Crippen LogP contribution in [0.1, 0.15) is 6.42 Å². The van der Waals surface area contributed by atoms with Gasteiger partial charge in [-0.3, -0.25) is 9.52 Å². The Balaban J connectivity index is 2.53. The van der Waals surface area contributed by atoms with Crippen LogP contribution >= 0.6 is 11.9 Å². The van der Waals surface area contributed by atoms with Gasteiger partial charge in [-0.2, -0.15) is 0 Å². The molecule has 1 rings (SSSR count). The summed E-state index contributed by atoms with van der Waals surface area (Å²) in [6.07, 6.45) is 3.81. The van der Waals surface area contributed by atoms with Crippen LogP contribution in [0.4, 0.5) is 0 Å². The molecule has 3 nitrogen and oxygen atoms in total. The van der Waals surface area contributed by atoms with Gasteiger partial charge >= 0.3 is 5.97 Å². The highest BCUT2D eigenvalue weighted by Crippen LogP contribution is 2.09. The lowest BCUT2D eigenvalue weighted by Gasteiger charge is -1.93. The monoisotopic (exact) mass is 171 g/mol. The Bertz CT molecular complexity index is 210. The van der Waals surface area contributed by atoms with Crippen molar-refractivity contribution in [3.05, 3.63) is 23.1 Å². The van der Waals surface area contributed by atoms with Gasteiger partial charge in [-0.05, 0) is 11.0 Å². The van der Waals surface area contributed by atoms with Gasteiger partial charge in [0.25, 0.3) is 0 Å². The van der Waals surface area contributed by atoms with Crippen LogP contribution in [-0.4, -0.2) is 17.6 Å². The van der Waals surface area contributed by atoms with E-state index in [1.165, 1.54) is 11.9 Å². The number of hydrogen-bond donors (Lipinski definition) is 2. The number of carbonyl (C=O) groups is 1. The van der Waals surface area contributed by atoms with Gasteiger partial charge in [0.05, 0.1) is 6.42 Å². The molecule has 0 bridgehead atoms. The number of carboxylic acid groups (broad SMARTS) is 1. The summed E-state index contributed by atoms with van der Waals surface area (Å²) in [6, 6.07) is 0. The zero-order valence-electron chi connectivity index (χ0n) is 5.91. The van der Waals surface area contributed by atoms with Crippen molar-refractivity contribution < 1.29 is 9.90 Å². The number of hydrogen-bond acceptors (Lipinski definition) is 3. The van der Waals surface area contributed by atoms with Crippen molar-refractivity contribution in [1.29, 1.82) is 0 Å². The molecule has 0 aromatic carbocycles. The maximum atomic E-state index is 10.3. The maximum Gasteiger partial charge on any atom is 0.307 e. The minimum Gasteiger partial charge on any atom is -0.481 e. The van der Waals surface area contributed by atoms with Crippen LogP contribution in [0.3, 0.4) is 0 Å². The van der Waals surface area contributed by atoms with Crippen molar-refractivity contribution in [3.8, 4) is 0 Å². The fourth-order valence-corrected chi connectivity index (χ4v) is 1.28. The Kier molecular flexibility index (Phi) is 3.19. The third-order valence-corrected chi connectivity index (χ3v) is 1.84. The van der Waals surface area contributed by atoms with Gasteiger partial charge in [0.15, 0.2) is 0 Å². The third-order valence-electron chi connectivity index (χ3n) is 1.24. The van der Waals surface area contributed by atoms with Crippen LogP contribution in [0, 0.1) is 0 Å².